The summed E-state index contributed by atoms with van der Waals surface area (Å²) in [6.07, 6.45) is -3.56. The van der Waals surface area contributed by atoms with Gasteiger partial charge in [0.15, 0.2) is 17.1 Å². The molecule has 2 rings (SSSR count). The van der Waals surface area contributed by atoms with Crippen molar-refractivity contribution in [3.8, 4) is 5.75 Å². The fourth-order valence-electron chi connectivity index (χ4n) is 2.12. The quantitative estimate of drug-likeness (QED) is 0.383. The summed E-state index contributed by atoms with van der Waals surface area (Å²) in [6, 6.07) is 0.439. The van der Waals surface area contributed by atoms with Gasteiger partial charge in [-0.05, 0) is 6.07 Å². The number of nitrogens with zero attached hydrogens (tertiary/aromatic N) is 5. The third-order valence-electron chi connectivity index (χ3n) is 3.13. The minimum Gasteiger partial charge on any atom is -0.426 e. The molecule has 1 aromatic carbocycles. The van der Waals surface area contributed by atoms with Crippen molar-refractivity contribution in [1.29, 1.82) is 0 Å². The zero-order chi connectivity index (χ0) is 21.9. The highest BCUT2D eigenvalue weighted by Crippen LogP contribution is 2.49. The zero-order valence-corrected chi connectivity index (χ0v) is 14.3. The summed E-state index contributed by atoms with van der Waals surface area (Å²) in [5.74, 6) is -0.854. The largest absolute Gasteiger partial charge is 0.426 e. The van der Waals surface area contributed by atoms with Crippen molar-refractivity contribution in [3.05, 3.63) is 59.5 Å². The Morgan fingerprint density at radius 3 is 2.28 bits per heavy atom. The lowest BCUT2D eigenvalue weighted by Gasteiger charge is -2.14. The lowest BCUT2D eigenvalue weighted by Crippen LogP contribution is -2.14. The van der Waals surface area contributed by atoms with E-state index in [2.05, 4.69) is 15.3 Å². The summed E-state index contributed by atoms with van der Waals surface area (Å²) in [4.78, 5) is 36.2. The molecule has 1 N–H and O–H groups in total. The predicted molar refractivity (Wildman–Crippen MR) is 87.6 cm³/mol. The van der Waals surface area contributed by atoms with Crippen LogP contribution in [-0.2, 0) is 6.18 Å². The fraction of sp³-hybridized carbons (Fsp3) is 0.167. The van der Waals surface area contributed by atoms with E-state index in [0.29, 0.717) is 6.07 Å². The third-order valence-corrected chi connectivity index (χ3v) is 3.43. The van der Waals surface area contributed by atoms with Crippen LogP contribution < -0.4 is 10.1 Å². The van der Waals surface area contributed by atoms with Crippen molar-refractivity contribution in [3.63, 3.8) is 0 Å². The van der Waals surface area contributed by atoms with Crippen LogP contribution in [0.4, 0.5) is 36.1 Å². The molecule has 0 amide bonds. The smallest absolute Gasteiger partial charge is 0.424 e. The maximum Gasteiger partial charge on any atom is 0.424 e. The van der Waals surface area contributed by atoms with E-state index in [1.807, 2.05) is 0 Å². The van der Waals surface area contributed by atoms with Crippen LogP contribution in [0, 0.1) is 30.3 Å². The molecule has 0 aliphatic heterocycles. The lowest BCUT2D eigenvalue weighted by molar-refractivity contribution is -0.514. The van der Waals surface area contributed by atoms with E-state index in [0.717, 1.165) is 12.5 Å². The summed E-state index contributed by atoms with van der Waals surface area (Å²) < 4.78 is 44.3. The summed E-state index contributed by atoms with van der Waals surface area (Å²) >= 11 is 5.51. The number of rotatable bonds is 7. The van der Waals surface area contributed by atoms with Crippen LogP contribution in [0.3, 0.4) is 0 Å². The van der Waals surface area contributed by atoms with Crippen LogP contribution in [0.2, 0.25) is 5.02 Å². The minimum absolute atomic E-state index is 0.405. The maximum atomic E-state index is 13.2. The maximum absolute atomic E-state index is 13.2. The highest BCUT2D eigenvalue weighted by Gasteiger charge is 2.47. The molecule has 2 aromatic rings. The Morgan fingerprint density at radius 2 is 1.76 bits per heavy atom. The van der Waals surface area contributed by atoms with Gasteiger partial charge in [-0.25, -0.2) is 9.97 Å². The second kappa shape index (κ2) is 8.05. The number of nitrogens with one attached hydrogen (secondary N) is 1. The Morgan fingerprint density at radius 1 is 1.14 bits per heavy atom. The number of anilines is 2. The Kier molecular flexibility index (Phi) is 5.96. The first-order valence-corrected chi connectivity index (χ1v) is 7.35. The molecule has 0 aliphatic rings. The molecule has 1 aromatic heterocycles. The van der Waals surface area contributed by atoms with E-state index in [9.17, 15) is 43.5 Å². The highest BCUT2D eigenvalue weighted by molar-refractivity contribution is 6.32. The monoisotopic (exact) mass is 438 g/mol. The van der Waals surface area contributed by atoms with E-state index in [4.69, 9.17) is 16.3 Å². The van der Waals surface area contributed by atoms with Crippen molar-refractivity contribution in [1.82, 2.24) is 9.97 Å². The van der Waals surface area contributed by atoms with Crippen molar-refractivity contribution in [2.75, 3.05) is 12.0 Å². The standard InChI is InChI=1S/C12H6ClF3N6O7/c13-5-1-6(19-11-7(2-17-3-18-11)29-4-20(23)24)9(21(25)26)10(22(27)28)8(5)12(14,15)16/h1-3H,4H2,(H,17,18,19). The van der Waals surface area contributed by atoms with Gasteiger partial charge in [0.1, 0.15) is 12.0 Å². The number of alkyl halides is 3. The fourth-order valence-corrected chi connectivity index (χ4v) is 2.43. The molecule has 154 valence electrons. The first kappa shape index (κ1) is 21.5. The molecular formula is C12H6ClF3N6O7. The Balaban J connectivity index is 2.68. The van der Waals surface area contributed by atoms with E-state index in [-0.39, 0.29) is 0 Å². The van der Waals surface area contributed by atoms with Gasteiger partial charge in [0.2, 0.25) is 0 Å². The van der Waals surface area contributed by atoms with Gasteiger partial charge in [-0.1, -0.05) is 11.6 Å². The number of nitro benzene ring substituents is 2. The average molecular weight is 439 g/mol. The van der Waals surface area contributed by atoms with Gasteiger partial charge in [-0.15, -0.1) is 0 Å². The molecule has 0 aliphatic carbocycles. The number of hydrogen-bond donors (Lipinski definition) is 1. The normalized spacial score (nSPS) is 11.0. The van der Waals surface area contributed by atoms with Crippen LogP contribution in [0.5, 0.6) is 5.75 Å². The molecule has 0 saturated heterocycles. The van der Waals surface area contributed by atoms with Crippen molar-refractivity contribution >= 4 is 34.5 Å². The molecular weight excluding hydrogens is 433 g/mol. The molecule has 0 atom stereocenters. The van der Waals surface area contributed by atoms with Crippen LogP contribution in [0.1, 0.15) is 5.56 Å². The molecule has 0 unspecified atom stereocenters. The Hall–Kier alpha value is -3.82. The number of hydrogen-bond acceptors (Lipinski definition) is 10. The van der Waals surface area contributed by atoms with Gasteiger partial charge in [0, 0.05) is 0 Å². The van der Waals surface area contributed by atoms with Gasteiger partial charge in [-0.3, -0.25) is 30.3 Å². The van der Waals surface area contributed by atoms with Crippen LogP contribution >= 0.6 is 11.6 Å². The Labute approximate surface area is 161 Å². The van der Waals surface area contributed by atoms with Gasteiger partial charge in [0.25, 0.3) is 0 Å². The molecule has 0 spiro atoms. The topological polar surface area (TPSA) is 176 Å². The average Bonchev–Trinajstić information content (AvgIpc) is 2.58. The second-order valence-electron chi connectivity index (χ2n) is 4.96. The number of nitro groups is 3. The molecule has 13 nitrogen and oxygen atoms in total. The lowest BCUT2D eigenvalue weighted by atomic mass is 10.1. The molecule has 29 heavy (non-hydrogen) atoms. The number of ether oxygens (including phenoxy) is 1. The predicted octanol–water partition coefficient (Wildman–Crippen LogP) is 3.32. The summed E-state index contributed by atoms with van der Waals surface area (Å²) in [5.41, 5.74) is -6.27. The minimum atomic E-state index is -5.36. The number of halogens is 4. The summed E-state index contributed by atoms with van der Waals surface area (Å²) in [7, 11) is 0. The van der Waals surface area contributed by atoms with E-state index in [1.54, 1.807) is 0 Å². The molecule has 0 bridgehead atoms. The first-order valence-electron chi connectivity index (χ1n) is 6.97. The second-order valence-corrected chi connectivity index (χ2v) is 5.36. The summed E-state index contributed by atoms with van der Waals surface area (Å²) in [6.45, 7) is -1.06. The third kappa shape index (κ3) is 4.72. The molecule has 0 fully saturated rings. The van der Waals surface area contributed by atoms with Gasteiger partial charge >= 0.3 is 24.3 Å². The Bertz CT molecular complexity index is 1000. The van der Waals surface area contributed by atoms with Crippen LogP contribution in [0.15, 0.2) is 18.6 Å². The van der Waals surface area contributed by atoms with E-state index >= 15 is 0 Å². The summed E-state index contributed by atoms with van der Waals surface area (Å²) in [5, 5.41) is 33.9. The van der Waals surface area contributed by atoms with Crippen molar-refractivity contribution in [2.24, 2.45) is 0 Å². The molecule has 17 heteroatoms. The van der Waals surface area contributed by atoms with Crippen LogP contribution in [0.25, 0.3) is 0 Å². The molecule has 0 saturated carbocycles. The van der Waals surface area contributed by atoms with Gasteiger partial charge in [0.05, 0.1) is 26.0 Å². The zero-order valence-electron chi connectivity index (χ0n) is 13.5. The van der Waals surface area contributed by atoms with E-state index < -0.39 is 66.9 Å². The number of aromatic nitrogens is 2. The van der Waals surface area contributed by atoms with E-state index in [1.165, 1.54) is 0 Å². The van der Waals surface area contributed by atoms with Crippen molar-refractivity contribution < 1.29 is 32.7 Å². The molecule has 0 radical (unpaired) electrons. The van der Waals surface area contributed by atoms with Gasteiger partial charge < -0.3 is 10.1 Å². The SMILES string of the molecule is O=[N+]([O-])COc1cncnc1Nc1cc(Cl)c(C(F)(F)F)c([N+](=O)[O-])c1[N+](=O)[O-]. The number of benzene rings is 1. The van der Waals surface area contributed by atoms with Gasteiger partial charge in [-0.2, -0.15) is 13.2 Å². The van der Waals surface area contributed by atoms with Crippen molar-refractivity contribution in [2.45, 2.75) is 6.18 Å². The van der Waals surface area contributed by atoms with Crippen LogP contribution in [-0.4, -0.2) is 31.5 Å². The first-order chi connectivity index (χ1) is 13.4. The highest BCUT2D eigenvalue weighted by atomic mass is 35.5. The molecule has 1 heterocycles.